The maximum absolute atomic E-state index is 9.39. The average molecular weight is 353 g/mol. The van der Waals surface area contributed by atoms with Gasteiger partial charge in [0.1, 0.15) is 5.52 Å². The Kier molecular flexibility index (Phi) is 4.75. The van der Waals surface area contributed by atoms with Crippen molar-refractivity contribution >= 4 is 27.3 Å². The van der Waals surface area contributed by atoms with Crippen molar-refractivity contribution in [2.75, 3.05) is 11.9 Å². The number of aromatic nitrogens is 3. The van der Waals surface area contributed by atoms with Gasteiger partial charge in [0.2, 0.25) is 0 Å². The Morgan fingerprint density at radius 1 is 1.38 bits per heavy atom. The van der Waals surface area contributed by atoms with Gasteiger partial charge in [0.15, 0.2) is 5.82 Å². The molecule has 3 rings (SSSR count). The summed E-state index contributed by atoms with van der Waals surface area (Å²) in [6.45, 7) is 0.206. The highest BCUT2D eigenvalue weighted by Crippen LogP contribution is 2.31. The summed E-state index contributed by atoms with van der Waals surface area (Å²) in [5.74, 6) is 1.46. The first kappa shape index (κ1) is 14.8. The molecule has 1 saturated carbocycles. The number of hydrogen-bond donors (Lipinski definition) is 2. The molecule has 0 aliphatic heterocycles. The summed E-state index contributed by atoms with van der Waals surface area (Å²) in [7, 11) is 0. The predicted molar refractivity (Wildman–Crippen MR) is 86.4 cm³/mol. The van der Waals surface area contributed by atoms with Crippen LogP contribution in [0.1, 0.15) is 38.5 Å². The standard InChI is InChI=1S/C15H21BrN4O/c16-12-10-18-20-8-7-17-15(14(12)20)19-13(6-9-21)11-4-2-1-3-5-11/h7-8,10-11,13,21H,1-6,9H2,(H,17,19). The van der Waals surface area contributed by atoms with Crippen LogP contribution in [0.4, 0.5) is 5.82 Å². The quantitative estimate of drug-likeness (QED) is 0.866. The lowest BCUT2D eigenvalue weighted by Gasteiger charge is -2.31. The number of anilines is 1. The third kappa shape index (κ3) is 3.21. The molecule has 1 aliphatic carbocycles. The van der Waals surface area contributed by atoms with Gasteiger partial charge in [-0.25, -0.2) is 9.50 Å². The molecular weight excluding hydrogens is 332 g/mol. The number of aliphatic hydroxyl groups is 1. The fraction of sp³-hybridized carbons (Fsp3) is 0.600. The first-order valence-corrected chi connectivity index (χ1v) is 8.44. The van der Waals surface area contributed by atoms with Crippen LogP contribution in [0, 0.1) is 5.92 Å². The molecule has 2 aromatic rings. The molecule has 0 aromatic carbocycles. The molecule has 2 N–H and O–H groups in total. The molecule has 6 heteroatoms. The van der Waals surface area contributed by atoms with Crippen molar-refractivity contribution in [3.63, 3.8) is 0 Å². The fourth-order valence-electron chi connectivity index (χ4n) is 3.29. The summed E-state index contributed by atoms with van der Waals surface area (Å²) in [4.78, 5) is 4.47. The van der Waals surface area contributed by atoms with Crippen LogP contribution < -0.4 is 5.32 Å². The highest BCUT2D eigenvalue weighted by molar-refractivity contribution is 9.10. The topological polar surface area (TPSA) is 62.5 Å². The summed E-state index contributed by atoms with van der Waals surface area (Å²) in [5, 5.41) is 17.2. The van der Waals surface area contributed by atoms with Crippen molar-refractivity contribution in [1.29, 1.82) is 0 Å². The normalized spacial score (nSPS) is 18.0. The van der Waals surface area contributed by atoms with Gasteiger partial charge < -0.3 is 10.4 Å². The van der Waals surface area contributed by atoms with E-state index in [1.807, 2.05) is 10.7 Å². The first-order valence-electron chi connectivity index (χ1n) is 7.65. The van der Waals surface area contributed by atoms with E-state index in [1.165, 1.54) is 32.1 Å². The molecule has 0 amide bonds. The molecular formula is C15H21BrN4O. The van der Waals surface area contributed by atoms with Gasteiger partial charge in [-0.15, -0.1) is 0 Å². The molecule has 2 aromatic heterocycles. The Hall–Kier alpha value is -1.14. The van der Waals surface area contributed by atoms with Crippen molar-refractivity contribution in [3.05, 3.63) is 23.1 Å². The number of aliphatic hydroxyl groups excluding tert-OH is 1. The lowest BCUT2D eigenvalue weighted by molar-refractivity contribution is 0.239. The molecule has 21 heavy (non-hydrogen) atoms. The van der Waals surface area contributed by atoms with Crippen LogP contribution >= 0.6 is 15.9 Å². The average Bonchev–Trinajstić information content (AvgIpc) is 2.90. The molecule has 114 valence electrons. The summed E-state index contributed by atoms with van der Waals surface area (Å²) in [5.41, 5.74) is 0.955. The van der Waals surface area contributed by atoms with Crippen LogP contribution in [0.3, 0.4) is 0 Å². The third-order valence-electron chi connectivity index (χ3n) is 4.37. The van der Waals surface area contributed by atoms with E-state index in [-0.39, 0.29) is 12.6 Å². The zero-order valence-electron chi connectivity index (χ0n) is 12.0. The number of nitrogens with zero attached hydrogens (tertiary/aromatic N) is 3. The van der Waals surface area contributed by atoms with E-state index in [4.69, 9.17) is 0 Å². The molecule has 0 saturated heterocycles. The molecule has 0 bridgehead atoms. The van der Waals surface area contributed by atoms with E-state index in [2.05, 4.69) is 31.3 Å². The second-order valence-electron chi connectivity index (χ2n) is 5.72. The van der Waals surface area contributed by atoms with Crippen molar-refractivity contribution in [1.82, 2.24) is 14.6 Å². The van der Waals surface area contributed by atoms with Crippen LogP contribution in [-0.4, -0.2) is 32.4 Å². The number of hydrogen-bond acceptors (Lipinski definition) is 4. The summed E-state index contributed by atoms with van der Waals surface area (Å²) in [6.07, 6.45) is 12.5. The Morgan fingerprint density at radius 2 is 2.19 bits per heavy atom. The number of nitrogens with one attached hydrogen (secondary N) is 1. The number of halogens is 1. The predicted octanol–water partition coefficient (Wildman–Crippen LogP) is 3.24. The van der Waals surface area contributed by atoms with Gasteiger partial charge in [-0.1, -0.05) is 19.3 Å². The van der Waals surface area contributed by atoms with Gasteiger partial charge in [0.05, 0.1) is 10.7 Å². The van der Waals surface area contributed by atoms with E-state index in [0.717, 1.165) is 22.2 Å². The lowest BCUT2D eigenvalue weighted by Crippen LogP contribution is -2.32. The van der Waals surface area contributed by atoms with Gasteiger partial charge in [0, 0.05) is 25.0 Å². The Balaban J connectivity index is 1.85. The SMILES string of the molecule is OCCC(Nc1nccn2ncc(Br)c12)C1CCCCC1. The Labute approximate surface area is 132 Å². The molecule has 1 fully saturated rings. The largest absolute Gasteiger partial charge is 0.396 e. The van der Waals surface area contributed by atoms with Gasteiger partial charge in [0.25, 0.3) is 0 Å². The van der Waals surface area contributed by atoms with E-state index >= 15 is 0 Å². The van der Waals surface area contributed by atoms with Crippen LogP contribution in [-0.2, 0) is 0 Å². The maximum Gasteiger partial charge on any atom is 0.153 e. The van der Waals surface area contributed by atoms with Gasteiger partial charge in [-0.2, -0.15) is 5.10 Å². The van der Waals surface area contributed by atoms with Crippen LogP contribution in [0.25, 0.3) is 5.52 Å². The highest BCUT2D eigenvalue weighted by Gasteiger charge is 2.24. The molecule has 0 radical (unpaired) electrons. The number of rotatable bonds is 5. The molecule has 0 spiro atoms. The summed E-state index contributed by atoms with van der Waals surface area (Å²) in [6, 6.07) is 0.274. The summed E-state index contributed by atoms with van der Waals surface area (Å²) >= 11 is 3.53. The van der Waals surface area contributed by atoms with Crippen LogP contribution in [0.15, 0.2) is 23.1 Å². The smallest absolute Gasteiger partial charge is 0.153 e. The fourth-order valence-corrected chi connectivity index (χ4v) is 3.75. The van der Waals surface area contributed by atoms with Crippen molar-refractivity contribution in [2.24, 2.45) is 5.92 Å². The third-order valence-corrected chi connectivity index (χ3v) is 4.95. The van der Waals surface area contributed by atoms with Crippen LogP contribution in [0.2, 0.25) is 0 Å². The lowest BCUT2D eigenvalue weighted by atomic mass is 9.83. The Morgan fingerprint density at radius 3 is 2.95 bits per heavy atom. The summed E-state index contributed by atoms with van der Waals surface area (Å²) < 4.78 is 2.75. The molecule has 1 atom stereocenters. The molecule has 5 nitrogen and oxygen atoms in total. The first-order chi connectivity index (χ1) is 10.3. The van der Waals surface area contributed by atoms with Gasteiger partial charge >= 0.3 is 0 Å². The zero-order chi connectivity index (χ0) is 14.7. The minimum atomic E-state index is 0.206. The monoisotopic (exact) mass is 352 g/mol. The van der Waals surface area contributed by atoms with E-state index < -0.39 is 0 Å². The second kappa shape index (κ2) is 6.75. The van der Waals surface area contributed by atoms with Gasteiger partial charge in [-0.05, 0) is 41.1 Å². The van der Waals surface area contributed by atoms with Crippen molar-refractivity contribution in [2.45, 2.75) is 44.6 Å². The zero-order valence-corrected chi connectivity index (χ0v) is 13.6. The maximum atomic E-state index is 9.39. The number of fused-ring (bicyclic) bond motifs is 1. The van der Waals surface area contributed by atoms with Gasteiger partial charge in [-0.3, -0.25) is 0 Å². The molecule has 1 aliphatic rings. The van der Waals surface area contributed by atoms with E-state index in [9.17, 15) is 5.11 Å². The second-order valence-corrected chi connectivity index (χ2v) is 6.58. The molecule has 1 unspecified atom stereocenters. The van der Waals surface area contributed by atoms with Crippen molar-refractivity contribution < 1.29 is 5.11 Å². The minimum Gasteiger partial charge on any atom is -0.396 e. The van der Waals surface area contributed by atoms with Crippen molar-refractivity contribution in [3.8, 4) is 0 Å². The van der Waals surface area contributed by atoms with E-state index in [0.29, 0.717) is 5.92 Å². The molecule has 2 heterocycles. The minimum absolute atomic E-state index is 0.206. The van der Waals surface area contributed by atoms with Crippen LogP contribution in [0.5, 0.6) is 0 Å². The van der Waals surface area contributed by atoms with E-state index in [1.54, 1.807) is 12.4 Å². The Bertz CT molecular complexity index is 594. The highest BCUT2D eigenvalue weighted by atomic mass is 79.9.